The van der Waals surface area contributed by atoms with E-state index in [1.807, 2.05) is 17.8 Å². The second-order valence-electron chi connectivity index (χ2n) is 3.89. The molecule has 0 unspecified atom stereocenters. The molecule has 0 saturated carbocycles. The third kappa shape index (κ3) is 2.23. The highest BCUT2D eigenvalue weighted by atomic mass is 32.1. The predicted octanol–water partition coefficient (Wildman–Crippen LogP) is 2.91. The van der Waals surface area contributed by atoms with E-state index in [0.717, 1.165) is 18.1 Å². The van der Waals surface area contributed by atoms with Crippen molar-refractivity contribution in [3.05, 3.63) is 52.6 Å². The number of rotatable bonds is 4. The smallest absolute Gasteiger partial charge is 0.106 e. The molecule has 2 N–H and O–H groups in total. The maximum Gasteiger partial charge on any atom is 0.106 e. The van der Waals surface area contributed by atoms with Gasteiger partial charge in [0, 0.05) is 41.8 Å². The summed E-state index contributed by atoms with van der Waals surface area (Å²) in [6, 6.07) is 8.46. The first kappa shape index (κ1) is 10.5. The van der Waals surface area contributed by atoms with Crippen LogP contribution in [0.25, 0.3) is 10.9 Å². The Labute approximate surface area is 104 Å². The lowest BCUT2D eigenvalue weighted by molar-refractivity contribution is 0.693. The number of thiazole rings is 1. The molecule has 17 heavy (non-hydrogen) atoms. The molecule has 3 nitrogen and oxygen atoms in total. The number of hydrogen-bond acceptors (Lipinski definition) is 3. The summed E-state index contributed by atoms with van der Waals surface area (Å²) in [5.74, 6) is 0. The Morgan fingerprint density at radius 1 is 1.24 bits per heavy atom. The van der Waals surface area contributed by atoms with Crippen molar-refractivity contribution in [1.82, 2.24) is 15.3 Å². The van der Waals surface area contributed by atoms with Gasteiger partial charge >= 0.3 is 0 Å². The molecular formula is C13H13N3S. The maximum absolute atomic E-state index is 4.25. The van der Waals surface area contributed by atoms with Gasteiger partial charge in [0.15, 0.2) is 0 Å². The lowest BCUT2D eigenvalue weighted by Gasteiger charge is -2.04. The predicted molar refractivity (Wildman–Crippen MR) is 71.0 cm³/mol. The second-order valence-corrected chi connectivity index (χ2v) is 4.86. The van der Waals surface area contributed by atoms with Gasteiger partial charge in [-0.25, -0.2) is 4.98 Å². The standard InChI is InChI=1S/C13H13N3S/c1-2-10(11-4-5-15-12(11)3-1)8-14-9-13-16-6-7-17-13/h1-7,14-15H,8-9H2. The van der Waals surface area contributed by atoms with Crippen molar-refractivity contribution in [2.24, 2.45) is 0 Å². The summed E-state index contributed by atoms with van der Waals surface area (Å²) < 4.78 is 0. The van der Waals surface area contributed by atoms with Crippen LogP contribution in [0, 0.1) is 0 Å². The Morgan fingerprint density at radius 3 is 3.12 bits per heavy atom. The molecule has 0 aliphatic rings. The zero-order valence-corrected chi connectivity index (χ0v) is 10.1. The van der Waals surface area contributed by atoms with Crippen LogP contribution in [0.2, 0.25) is 0 Å². The SMILES string of the molecule is c1cc(CNCc2nccs2)c2cc[nH]c2c1. The van der Waals surface area contributed by atoms with Crippen LogP contribution in [0.3, 0.4) is 0 Å². The van der Waals surface area contributed by atoms with E-state index < -0.39 is 0 Å². The zero-order chi connectivity index (χ0) is 11.5. The van der Waals surface area contributed by atoms with Gasteiger partial charge in [-0.15, -0.1) is 11.3 Å². The average molecular weight is 243 g/mol. The first-order chi connectivity index (χ1) is 8.43. The fourth-order valence-corrected chi connectivity index (χ4v) is 2.53. The highest BCUT2D eigenvalue weighted by molar-refractivity contribution is 7.09. The van der Waals surface area contributed by atoms with Crippen LogP contribution >= 0.6 is 11.3 Å². The minimum atomic E-state index is 0.832. The molecule has 0 fully saturated rings. The molecule has 3 rings (SSSR count). The van der Waals surface area contributed by atoms with Crippen molar-refractivity contribution < 1.29 is 0 Å². The van der Waals surface area contributed by atoms with Gasteiger partial charge in [-0.05, 0) is 17.7 Å². The maximum atomic E-state index is 4.25. The van der Waals surface area contributed by atoms with Gasteiger partial charge in [0.1, 0.15) is 5.01 Å². The van der Waals surface area contributed by atoms with Crippen LogP contribution in [0.15, 0.2) is 42.0 Å². The van der Waals surface area contributed by atoms with E-state index in [9.17, 15) is 0 Å². The number of fused-ring (bicyclic) bond motifs is 1. The number of benzene rings is 1. The molecule has 2 aromatic heterocycles. The Kier molecular flexibility index (Phi) is 2.90. The number of hydrogen-bond donors (Lipinski definition) is 2. The van der Waals surface area contributed by atoms with Gasteiger partial charge in [0.05, 0.1) is 0 Å². The summed E-state index contributed by atoms with van der Waals surface area (Å²) in [5, 5.41) is 7.85. The highest BCUT2D eigenvalue weighted by Crippen LogP contribution is 2.17. The molecule has 0 amide bonds. The Balaban J connectivity index is 1.70. The molecule has 0 atom stereocenters. The summed E-state index contributed by atoms with van der Waals surface area (Å²) in [6.45, 7) is 1.70. The lowest BCUT2D eigenvalue weighted by Crippen LogP contribution is -2.12. The van der Waals surface area contributed by atoms with E-state index in [-0.39, 0.29) is 0 Å². The number of aromatic nitrogens is 2. The van der Waals surface area contributed by atoms with Gasteiger partial charge in [-0.3, -0.25) is 0 Å². The van der Waals surface area contributed by atoms with E-state index in [2.05, 4.69) is 39.6 Å². The number of H-pyrrole nitrogens is 1. The molecule has 0 bridgehead atoms. The molecular weight excluding hydrogens is 230 g/mol. The van der Waals surface area contributed by atoms with Crippen molar-refractivity contribution >= 4 is 22.2 Å². The Morgan fingerprint density at radius 2 is 2.24 bits per heavy atom. The van der Waals surface area contributed by atoms with Crippen molar-refractivity contribution in [1.29, 1.82) is 0 Å². The summed E-state index contributed by atoms with van der Waals surface area (Å²) in [4.78, 5) is 7.48. The summed E-state index contributed by atoms with van der Waals surface area (Å²) >= 11 is 1.68. The Hall–Kier alpha value is -1.65. The molecule has 1 aromatic carbocycles. The normalized spacial score (nSPS) is 11.1. The molecule has 4 heteroatoms. The van der Waals surface area contributed by atoms with Crippen molar-refractivity contribution in [3.8, 4) is 0 Å². The highest BCUT2D eigenvalue weighted by Gasteiger charge is 2.01. The molecule has 0 aliphatic heterocycles. The van der Waals surface area contributed by atoms with E-state index in [1.165, 1.54) is 16.5 Å². The van der Waals surface area contributed by atoms with Crippen LogP contribution in [0.1, 0.15) is 10.6 Å². The average Bonchev–Trinajstić information content (AvgIpc) is 2.99. The van der Waals surface area contributed by atoms with Crippen LogP contribution in [0.4, 0.5) is 0 Å². The van der Waals surface area contributed by atoms with E-state index in [1.54, 1.807) is 11.3 Å². The first-order valence-electron chi connectivity index (χ1n) is 5.57. The summed E-state index contributed by atoms with van der Waals surface area (Å²) in [5.41, 5.74) is 2.51. The molecule has 0 aliphatic carbocycles. The van der Waals surface area contributed by atoms with Crippen LogP contribution < -0.4 is 5.32 Å². The molecule has 2 heterocycles. The summed E-state index contributed by atoms with van der Waals surface area (Å²) in [6.07, 6.45) is 3.82. The van der Waals surface area contributed by atoms with Gasteiger partial charge in [-0.2, -0.15) is 0 Å². The quantitative estimate of drug-likeness (QED) is 0.739. The molecule has 3 aromatic rings. The van der Waals surface area contributed by atoms with E-state index in [0.29, 0.717) is 0 Å². The van der Waals surface area contributed by atoms with Gasteiger partial charge < -0.3 is 10.3 Å². The third-order valence-electron chi connectivity index (χ3n) is 2.76. The fraction of sp³-hybridized carbons (Fsp3) is 0.154. The number of nitrogens with zero attached hydrogens (tertiary/aromatic N) is 1. The van der Waals surface area contributed by atoms with Crippen LogP contribution in [-0.2, 0) is 13.1 Å². The monoisotopic (exact) mass is 243 g/mol. The van der Waals surface area contributed by atoms with E-state index in [4.69, 9.17) is 0 Å². The van der Waals surface area contributed by atoms with Gasteiger partial charge in [0.25, 0.3) is 0 Å². The van der Waals surface area contributed by atoms with Gasteiger partial charge in [-0.1, -0.05) is 12.1 Å². The molecule has 0 radical (unpaired) electrons. The van der Waals surface area contributed by atoms with Crippen LogP contribution in [-0.4, -0.2) is 9.97 Å². The van der Waals surface area contributed by atoms with Gasteiger partial charge in [0.2, 0.25) is 0 Å². The number of aromatic amines is 1. The fourth-order valence-electron chi connectivity index (χ4n) is 1.95. The molecule has 0 spiro atoms. The van der Waals surface area contributed by atoms with E-state index >= 15 is 0 Å². The van der Waals surface area contributed by atoms with Crippen LogP contribution in [0.5, 0.6) is 0 Å². The second kappa shape index (κ2) is 4.69. The topological polar surface area (TPSA) is 40.7 Å². The van der Waals surface area contributed by atoms with Crippen molar-refractivity contribution in [3.63, 3.8) is 0 Å². The van der Waals surface area contributed by atoms with Crippen molar-refractivity contribution in [2.75, 3.05) is 0 Å². The van der Waals surface area contributed by atoms with Crippen molar-refractivity contribution in [2.45, 2.75) is 13.1 Å². The first-order valence-corrected chi connectivity index (χ1v) is 6.45. The minimum Gasteiger partial charge on any atom is -0.361 e. The summed E-state index contributed by atoms with van der Waals surface area (Å²) in [7, 11) is 0. The number of nitrogens with one attached hydrogen (secondary N) is 2. The molecule has 86 valence electrons. The largest absolute Gasteiger partial charge is 0.361 e. The Bertz CT molecular complexity index is 598. The molecule has 0 saturated heterocycles. The zero-order valence-electron chi connectivity index (χ0n) is 9.31. The minimum absolute atomic E-state index is 0.832. The third-order valence-corrected chi connectivity index (χ3v) is 3.54. The lowest BCUT2D eigenvalue weighted by atomic mass is 10.1.